The highest BCUT2D eigenvalue weighted by Crippen LogP contribution is 2.37. The molecule has 8 rings (SSSR count). The number of rotatable bonds is 6. The molecule has 0 radical (unpaired) electrons. The monoisotopic (exact) mass is 632 g/mol. The maximum absolute atomic E-state index is 13.2. The summed E-state index contributed by atoms with van der Waals surface area (Å²) in [6, 6.07) is 54.5. The fraction of sp³-hybridized carbons (Fsp3) is 0.0952. The van der Waals surface area contributed by atoms with E-state index in [-0.39, 0.29) is 23.7 Å². The molecule has 6 heteroatoms. The molecular formula is C42H34F2N4. The van der Waals surface area contributed by atoms with Crippen LogP contribution in [0.1, 0.15) is 47.2 Å². The number of para-hydroxylation sites is 2. The molecule has 0 saturated carbocycles. The van der Waals surface area contributed by atoms with E-state index in [1.807, 2.05) is 72.8 Å². The minimum Gasteiger partial charge on any atom is -0.257 e. The minimum absolute atomic E-state index is 0.147. The van der Waals surface area contributed by atoms with Gasteiger partial charge >= 0.3 is 0 Å². The molecule has 0 saturated heterocycles. The van der Waals surface area contributed by atoms with E-state index >= 15 is 0 Å². The number of hydrogen-bond donors (Lipinski definition) is 0. The van der Waals surface area contributed by atoms with Crippen molar-refractivity contribution in [3.05, 3.63) is 204 Å². The predicted octanol–water partition coefficient (Wildman–Crippen LogP) is 10.4. The van der Waals surface area contributed by atoms with Crippen molar-refractivity contribution in [2.24, 2.45) is 10.2 Å². The Balaban J connectivity index is 0.000000152. The highest BCUT2D eigenvalue weighted by molar-refractivity contribution is 6.04. The van der Waals surface area contributed by atoms with Gasteiger partial charge in [0.15, 0.2) is 0 Å². The van der Waals surface area contributed by atoms with Crippen LogP contribution < -0.4 is 10.0 Å². The van der Waals surface area contributed by atoms with Gasteiger partial charge in [-0.25, -0.2) is 8.78 Å². The largest absolute Gasteiger partial charge is 0.257 e. The quantitative estimate of drug-likeness (QED) is 0.183. The molecule has 6 aromatic carbocycles. The molecule has 0 bridgehead atoms. The lowest BCUT2D eigenvalue weighted by molar-refractivity contribution is 0.627. The van der Waals surface area contributed by atoms with Crippen LogP contribution in [-0.2, 0) is 0 Å². The lowest BCUT2D eigenvalue weighted by Crippen LogP contribution is -2.18. The summed E-state index contributed by atoms with van der Waals surface area (Å²) in [6.07, 6.45) is 1.59. The van der Waals surface area contributed by atoms with Crippen LogP contribution in [0.3, 0.4) is 0 Å². The number of halogens is 2. The van der Waals surface area contributed by atoms with E-state index in [1.54, 1.807) is 24.3 Å². The zero-order valence-electron chi connectivity index (χ0n) is 26.3. The highest BCUT2D eigenvalue weighted by Gasteiger charge is 2.31. The molecule has 0 amide bonds. The summed E-state index contributed by atoms with van der Waals surface area (Å²) in [5.74, 6) is -0.450. The van der Waals surface area contributed by atoms with E-state index in [0.29, 0.717) is 0 Å². The molecule has 0 aromatic heterocycles. The molecule has 2 aliphatic rings. The van der Waals surface area contributed by atoms with Crippen LogP contribution in [0.25, 0.3) is 0 Å². The maximum Gasteiger partial charge on any atom is 0.123 e. The Bertz CT molecular complexity index is 1830. The van der Waals surface area contributed by atoms with Gasteiger partial charge in [0.25, 0.3) is 0 Å². The summed E-state index contributed by atoms with van der Waals surface area (Å²) in [5, 5.41) is 13.8. The van der Waals surface area contributed by atoms with Gasteiger partial charge in [-0.05, 0) is 70.8 Å². The second-order valence-corrected chi connectivity index (χ2v) is 11.7. The van der Waals surface area contributed by atoms with Crippen molar-refractivity contribution in [1.82, 2.24) is 0 Å². The SMILES string of the molecule is Fc1ccc(C2=NN(c3ccccc3)[C@@H](c3ccccc3)C2)cc1.Fc1ccc(C2=NN(c3ccccc3)[C@H](c3ccccc3)C2)cc1. The second kappa shape index (κ2) is 14.3. The average Bonchev–Trinajstić information content (AvgIpc) is 3.81. The first-order chi connectivity index (χ1) is 23.6. The second-order valence-electron chi connectivity index (χ2n) is 11.7. The van der Waals surface area contributed by atoms with E-state index in [4.69, 9.17) is 10.2 Å². The summed E-state index contributed by atoms with van der Waals surface area (Å²) >= 11 is 0. The number of anilines is 2. The molecule has 0 aliphatic carbocycles. The standard InChI is InChI=1S/2C21H17FN2/c2*22-18-13-11-16(12-14-18)20-15-21(17-7-3-1-4-8-17)24(23-20)19-9-5-2-6-10-19/h2*1-14,21H,15H2/t2*21-/m10/s1. The highest BCUT2D eigenvalue weighted by atomic mass is 19.1. The number of nitrogens with zero attached hydrogens (tertiary/aromatic N) is 4. The van der Waals surface area contributed by atoms with Crippen LogP contribution in [-0.4, -0.2) is 11.4 Å². The van der Waals surface area contributed by atoms with E-state index in [2.05, 4.69) is 58.5 Å². The smallest absolute Gasteiger partial charge is 0.123 e. The van der Waals surface area contributed by atoms with Gasteiger partial charge in [0.05, 0.1) is 34.9 Å². The molecule has 0 spiro atoms. The van der Waals surface area contributed by atoms with Crippen LogP contribution >= 0.6 is 0 Å². The topological polar surface area (TPSA) is 31.2 Å². The van der Waals surface area contributed by atoms with E-state index in [9.17, 15) is 8.78 Å². The molecule has 0 fully saturated rings. The lowest BCUT2D eigenvalue weighted by atomic mass is 9.98. The molecule has 0 unspecified atom stereocenters. The van der Waals surface area contributed by atoms with Gasteiger partial charge in [-0.1, -0.05) is 121 Å². The molecule has 0 N–H and O–H groups in total. The number of hydrogen-bond acceptors (Lipinski definition) is 4. The van der Waals surface area contributed by atoms with Crippen molar-refractivity contribution in [1.29, 1.82) is 0 Å². The number of benzene rings is 6. The van der Waals surface area contributed by atoms with Gasteiger partial charge in [-0.3, -0.25) is 10.0 Å². The van der Waals surface area contributed by atoms with E-state index in [0.717, 1.165) is 46.8 Å². The third-order valence-corrected chi connectivity index (χ3v) is 8.59. The molecule has 6 aromatic rings. The van der Waals surface area contributed by atoms with Gasteiger partial charge in [0.2, 0.25) is 0 Å². The van der Waals surface area contributed by atoms with Crippen LogP contribution in [0, 0.1) is 11.6 Å². The molecule has 2 aliphatic heterocycles. The molecule has 2 atom stereocenters. The Morgan fingerprint density at radius 1 is 0.396 bits per heavy atom. The van der Waals surface area contributed by atoms with Crippen molar-refractivity contribution in [3.8, 4) is 0 Å². The van der Waals surface area contributed by atoms with E-state index < -0.39 is 0 Å². The summed E-state index contributed by atoms with van der Waals surface area (Å²) in [6.45, 7) is 0. The first kappa shape index (κ1) is 30.8. The molecule has 2 heterocycles. The van der Waals surface area contributed by atoms with Gasteiger partial charge < -0.3 is 0 Å². The third kappa shape index (κ3) is 6.93. The van der Waals surface area contributed by atoms with Crippen molar-refractivity contribution in [2.45, 2.75) is 24.9 Å². The first-order valence-corrected chi connectivity index (χ1v) is 16.1. The summed E-state index contributed by atoms with van der Waals surface area (Å²) < 4.78 is 26.4. The normalized spacial score (nSPS) is 17.0. The van der Waals surface area contributed by atoms with Crippen molar-refractivity contribution in [3.63, 3.8) is 0 Å². The Morgan fingerprint density at radius 3 is 1.04 bits per heavy atom. The fourth-order valence-electron chi connectivity index (χ4n) is 6.16. The third-order valence-electron chi connectivity index (χ3n) is 8.59. The minimum atomic E-state index is -0.225. The van der Waals surface area contributed by atoms with Crippen molar-refractivity contribution < 1.29 is 8.78 Å². The van der Waals surface area contributed by atoms with Crippen molar-refractivity contribution >= 4 is 22.8 Å². The zero-order chi connectivity index (χ0) is 32.7. The van der Waals surface area contributed by atoms with Gasteiger partial charge in [0.1, 0.15) is 11.6 Å². The Labute approximate surface area is 279 Å². The van der Waals surface area contributed by atoms with E-state index in [1.165, 1.54) is 35.4 Å². The average molecular weight is 633 g/mol. The Hall–Kier alpha value is -5.88. The summed E-state index contributed by atoms with van der Waals surface area (Å²) in [4.78, 5) is 0. The number of hydrazone groups is 2. The maximum atomic E-state index is 13.2. The van der Waals surface area contributed by atoms with Gasteiger partial charge in [-0.2, -0.15) is 10.2 Å². The fourth-order valence-corrected chi connectivity index (χ4v) is 6.16. The van der Waals surface area contributed by atoms with Crippen LogP contribution in [0.4, 0.5) is 20.2 Å². The Kier molecular flexibility index (Phi) is 9.14. The first-order valence-electron chi connectivity index (χ1n) is 16.1. The van der Waals surface area contributed by atoms with Gasteiger partial charge in [-0.15, -0.1) is 0 Å². The zero-order valence-corrected chi connectivity index (χ0v) is 26.3. The lowest BCUT2D eigenvalue weighted by Gasteiger charge is -2.23. The van der Waals surface area contributed by atoms with Crippen molar-refractivity contribution in [2.75, 3.05) is 10.0 Å². The molecule has 4 nitrogen and oxygen atoms in total. The van der Waals surface area contributed by atoms with Crippen LogP contribution in [0.5, 0.6) is 0 Å². The summed E-state index contributed by atoms with van der Waals surface area (Å²) in [7, 11) is 0. The molecular weight excluding hydrogens is 598 g/mol. The molecule has 48 heavy (non-hydrogen) atoms. The Morgan fingerprint density at radius 2 is 0.708 bits per heavy atom. The molecule has 236 valence electrons. The summed E-state index contributed by atoms with van der Waals surface area (Å²) in [5.41, 5.74) is 8.46. The van der Waals surface area contributed by atoms with Crippen LogP contribution in [0.2, 0.25) is 0 Å². The van der Waals surface area contributed by atoms with Crippen LogP contribution in [0.15, 0.2) is 180 Å². The predicted molar refractivity (Wildman–Crippen MR) is 191 cm³/mol. The van der Waals surface area contributed by atoms with Gasteiger partial charge in [0, 0.05) is 12.8 Å².